The minimum absolute atomic E-state index is 0.0346. The van der Waals surface area contributed by atoms with Crippen LogP contribution in [0.5, 0.6) is 17.2 Å². The number of aliphatic hydroxyl groups excluding tert-OH is 1. The largest absolute Gasteiger partial charge is 0.502 e. The van der Waals surface area contributed by atoms with E-state index in [9.17, 15) is 14.7 Å². The van der Waals surface area contributed by atoms with Crippen LogP contribution >= 0.6 is 0 Å². The van der Waals surface area contributed by atoms with E-state index in [4.69, 9.17) is 9.47 Å². The number of anilines is 1. The molecule has 1 aliphatic rings. The molecule has 2 amide bonds. The number of hydrogen-bond acceptors (Lipinski definition) is 5. The average molecular weight is 401 g/mol. The summed E-state index contributed by atoms with van der Waals surface area (Å²) >= 11 is 0. The van der Waals surface area contributed by atoms with Crippen LogP contribution in [0.4, 0.5) is 5.69 Å². The molecule has 0 aromatic heterocycles. The predicted octanol–water partition coefficient (Wildman–Crippen LogP) is 4.72. The number of carbonyl (C=O) groups is 2. The Kier molecular flexibility index (Phi) is 5.22. The fourth-order valence-electron chi connectivity index (χ4n) is 3.19. The summed E-state index contributed by atoms with van der Waals surface area (Å²) in [4.78, 5) is 26.5. The molecule has 6 nitrogen and oxygen atoms in total. The number of ether oxygens (including phenoxy) is 2. The molecule has 0 unspecified atom stereocenters. The van der Waals surface area contributed by atoms with E-state index in [0.29, 0.717) is 35.1 Å². The molecule has 0 radical (unpaired) electrons. The summed E-state index contributed by atoms with van der Waals surface area (Å²) in [6.45, 7) is 2.39. The van der Waals surface area contributed by atoms with Crippen LogP contribution in [0, 0.1) is 0 Å². The van der Waals surface area contributed by atoms with Gasteiger partial charge in [0.1, 0.15) is 17.2 Å². The zero-order valence-electron chi connectivity index (χ0n) is 16.2. The van der Waals surface area contributed by atoms with Gasteiger partial charge in [-0.2, -0.15) is 0 Å². The van der Waals surface area contributed by atoms with Crippen molar-refractivity contribution in [3.63, 3.8) is 0 Å². The third-order valence-electron chi connectivity index (χ3n) is 4.59. The molecule has 150 valence electrons. The minimum atomic E-state index is -0.763. The average Bonchev–Trinajstić information content (AvgIpc) is 2.99. The lowest BCUT2D eigenvalue weighted by molar-refractivity contribution is -0.121. The molecular formula is C24H19NO5. The van der Waals surface area contributed by atoms with E-state index in [1.54, 1.807) is 48.5 Å². The van der Waals surface area contributed by atoms with Crippen molar-refractivity contribution in [2.24, 2.45) is 0 Å². The van der Waals surface area contributed by atoms with Crippen molar-refractivity contribution < 1.29 is 24.2 Å². The highest BCUT2D eigenvalue weighted by Crippen LogP contribution is 2.33. The van der Waals surface area contributed by atoms with Crippen LogP contribution in [0.3, 0.4) is 0 Å². The quantitative estimate of drug-likeness (QED) is 0.605. The third-order valence-corrected chi connectivity index (χ3v) is 4.59. The summed E-state index contributed by atoms with van der Waals surface area (Å²) in [7, 11) is 0. The van der Waals surface area contributed by atoms with Crippen LogP contribution in [-0.2, 0) is 9.59 Å². The molecule has 0 fully saturated rings. The van der Waals surface area contributed by atoms with E-state index in [1.807, 2.05) is 37.3 Å². The Morgan fingerprint density at radius 2 is 1.37 bits per heavy atom. The van der Waals surface area contributed by atoms with Crippen LogP contribution < -0.4 is 14.4 Å². The van der Waals surface area contributed by atoms with Crippen molar-refractivity contribution in [1.29, 1.82) is 0 Å². The summed E-state index contributed by atoms with van der Waals surface area (Å²) < 4.78 is 11.1. The van der Waals surface area contributed by atoms with Crippen LogP contribution in [0.15, 0.2) is 84.6 Å². The second kappa shape index (κ2) is 8.13. The second-order valence-corrected chi connectivity index (χ2v) is 6.54. The van der Waals surface area contributed by atoms with Crippen molar-refractivity contribution in [3.8, 4) is 17.2 Å². The lowest BCUT2D eigenvalue weighted by atomic mass is 10.1. The molecule has 0 aliphatic carbocycles. The van der Waals surface area contributed by atoms with Gasteiger partial charge in [0.25, 0.3) is 5.91 Å². The lowest BCUT2D eigenvalue weighted by Crippen LogP contribution is -2.31. The Morgan fingerprint density at radius 3 is 2.00 bits per heavy atom. The molecule has 3 aromatic rings. The van der Waals surface area contributed by atoms with Gasteiger partial charge in [0.05, 0.1) is 17.9 Å². The first-order valence-corrected chi connectivity index (χ1v) is 9.46. The Balaban J connectivity index is 1.56. The van der Waals surface area contributed by atoms with Crippen molar-refractivity contribution in [1.82, 2.24) is 0 Å². The highest BCUT2D eigenvalue weighted by Gasteiger charge is 2.40. The van der Waals surface area contributed by atoms with Gasteiger partial charge in [0.15, 0.2) is 5.76 Å². The molecule has 0 atom stereocenters. The summed E-state index contributed by atoms with van der Waals surface area (Å²) in [5.74, 6) is -0.0413. The number of imide groups is 1. The summed E-state index contributed by atoms with van der Waals surface area (Å²) in [6.07, 6.45) is 0. The summed E-state index contributed by atoms with van der Waals surface area (Å²) in [6, 6.07) is 22.5. The van der Waals surface area contributed by atoms with Crippen LogP contribution in [0.1, 0.15) is 12.5 Å². The molecular weight excluding hydrogens is 382 g/mol. The molecule has 6 heteroatoms. The minimum Gasteiger partial charge on any atom is -0.502 e. The van der Waals surface area contributed by atoms with Gasteiger partial charge in [-0.3, -0.25) is 9.59 Å². The van der Waals surface area contributed by atoms with Gasteiger partial charge < -0.3 is 14.6 Å². The molecule has 1 aliphatic heterocycles. The van der Waals surface area contributed by atoms with E-state index in [-0.39, 0.29) is 5.57 Å². The molecule has 1 N–H and O–H groups in total. The maximum atomic E-state index is 12.9. The molecule has 4 rings (SSSR count). The predicted molar refractivity (Wildman–Crippen MR) is 113 cm³/mol. The van der Waals surface area contributed by atoms with Crippen LogP contribution in [0.2, 0.25) is 0 Å². The zero-order chi connectivity index (χ0) is 21.1. The van der Waals surface area contributed by atoms with E-state index in [1.165, 1.54) is 0 Å². The van der Waals surface area contributed by atoms with Crippen molar-refractivity contribution in [2.75, 3.05) is 11.5 Å². The van der Waals surface area contributed by atoms with Gasteiger partial charge in [-0.05, 0) is 61.0 Å². The lowest BCUT2D eigenvalue weighted by Gasteiger charge is -2.15. The van der Waals surface area contributed by atoms with Gasteiger partial charge in [-0.15, -0.1) is 0 Å². The molecule has 3 aromatic carbocycles. The monoisotopic (exact) mass is 401 g/mol. The van der Waals surface area contributed by atoms with E-state index in [0.717, 1.165) is 4.90 Å². The first kappa shape index (κ1) is 19.3. The number of benzene rings is 3. The Hall–Kier alpha value is -4.06. The molecule has 30 heavy (non-hydrogen) atoms. The molecule has 0 spiro atoms. The van der Waals surface area contributed by atoms with E-state index >= 15 is 0 Å². The fourth-order valence-corrected chi connectivity index (χ4v) is 3.19. The molecule has 1 heterocycles. The third kappa shape index (κ3) is 3.63. The Morgan fingerprint density at radius 1 is 0.767 bits per heavy atom. The maximum Gasteiger partial charge on any atom is 0.301 e. The van der Waals surface area contributed by atoms with E-state index in [2.05, 4.69) is 0 Å². The maximum absolute atomic E-state index is 12.9. The normalized spacial score (nSPS) is 13.7. The molecule has 0 saturated carbocycles. The van der Waals surface area contributed by atoms with Crippen molar-refractivity contribution >= 4 is 23.1 Å². The number of nitrogens with zero attached hydrogens (tertiary/aromatic N) is 1. The standard InChI is InChI=1S/C24H19NO5/c1-2-29-18-12-8-16(9-13-18)21-22(26)24(28)25(23(21)27)17-10-14-20(15-11-17)30-19-6-4-3-5-7-19/h3-15,26H,2H2,1H3. The highest BCUT2D eigenvalue weighted by molar-refractivity contribution is 6.44. The number of amides is 2. The summed E-state index contributed by atoms with van der Waals surface area (Å²) in [5, 5.41) is 10.3. The van der Waals surface area contributed by atoms with Crippen molar-refractivity contribution in [2.45, 2.75) is 6.92 Å². The number of aliphatic hydroxyl groups is 1. The number of carbonyl (C=O) groups excluding carboxylic acids is 2. The Labute approximate surface area is 173 Å². The van der Waals surface area contributed by atoms with Crippen LogP contribution in [0.25, 0.3) is 5.57 Å². The van der Waals surface area contributed by atoms with E-state index < -0.39 is 17.6 Å². The summed E-state index contributed by atoms with van der Waals surface area (Å²) in [5.41, 5.74) is 0.756. The van der Waals surface area contributed by atoms with Crippen LogP contribution in [-0.4, -0.2) is 23.5 Å². The number of hydrogen-bond donors (Lipinski definition) is 1. The smallest absolute Gasteiger partial charge is 0.301 e. The van der Waals surface area contributed by atoms with Gasteiger partial charge in [-0.1, -0.05) is 30.3 Å². The van der Waals surface area contributed by atoms with Gasteiger partial charge >= 0.3 is 5.91 Å². The van der Waals surface area contributed by atoms with Gasteiger partial charge in [0.2, 0.25) is 0 Å². The van der Waals surface area contributed by atoms with Gasteiger partial charge in [-0.25, -0.2) is 4.90 Å². The number of rotatable bonds is 6. The second-order valence-electron chi connectivity index (χ2n) is 6.54. The van der Waals surface area contributed by atoms with Crippen molar-refractivity contribution in [3.05, 3.63) is 90.2 Å². The fraction of sp³-hybridized carbons (Fsp3) is 0.0833. The topological polar surface area (TPSA) is 76.1 Å². The highest BCUT2D eigenvalue weighted by atomic mass is 16.5. The first-order chi connectivity index (χ1) is 14.6. The molecule has 0 saturated heterocycles. The Bertz CT molecular complexity index is 1100. The number of para-hydroxylation sites is 1. The SMILES string of the molecule is CCOc1ccc(C2=C(O)C(=O)N(c3ccc(Oc4ccccc4)cc3)C2=O)cc1. The first-order valence-electron chi connectivity index (χ1n) is 9.46. The van der Waals surface area contributed by atoms with Gasteiger partial charge in [0, 0.05) is 0 Å². The zero-order valence-corrected chi connectivity index (χ0v) is 16.2. The molecule has 0 bridgehead atoms.